The second-order valence-corrected chi connectivity index (χ2v) is 4.90. The van der Waals surface area contributed by atoms with Crippen LogP contribution in [0.4, 0.5) is 0 Å². The Morgan fingerprint density at radius 2 is 1.55 bits per heavy atom. The Kier molecular flexibility index (Phi) is 11.4. The van der Waals surface area contributed by atoms with Crippen molar-refractivity contribution >= 4 is 25.3 Å². The summed E-state index contributed by atoms with van der Waals surface area (Å²) in [4.78, 5) is 0. The lowest BCUT2D eigenvalue weighted by Gasteiger charge is -2.11. The van der Waals surface area contributed by atoms with E-state index in [0.29, 0.717) is 0 Å². The van der Waals surface area contributed by atoms with E-state index < -0.39 is 0 Å². The molecule has 0 aromatic carbocycles. The molecule has 70 valence electrons. The van der Waals surface area contributed by atoms with Crippen molar-refractivity contribution < 1.29 is 0 Å². The van der Waals surface area contributed by atoms with Crippen molar-refractivity contribution in [1.82, 2.24) is 0 Å². The highest BCUT2D eigenvalue weighted by Crippen LogP contribution is 2.14. The zero-order valence-electron chi connectivity index (χ0n) is 8.22. The molecule has 0 aromatic rings. The lowest BCUT2D eigenvalue weighted by atomic mass is 10.1. The van der Waals surface area contributed by atoms with E-state index in [2.05, 4.69) is 53.0 Å². The summed E-state index contributed by atoms with van der Waals surface area (Å²) in [5.41, 5.74) is 0. The maximum Gasteiger partial charge on any atom is 0.00705 e. The molecular weight excluding hydrogens is 172 g/mol. The van der Waals surface area contributed by atoms with Crippen LogP contribution in [0.15, 0.2) is 0 Å². The van der Waals surface area contributed by atoms with E-state index in [1.165, 1.54) is 12.8 Å². The summed E-state index contributed by atoms with van der Waals surface area (Å²) in [6.45, 7) is 8.51. The first-order valence-corrected chi connectivity index (χ1v) is 5.39. The normalized spacial score (nSPS) is 10.4. The van der Waals surface area contributed by atoms with Crippen molar-refractivity contribution in [2.24, 2.45) is 0 Å². The van der Waals surface area contributed by atoms with Crippen molar-refractivity contribution in [2.45, 2.75) is 51.7 Å². The molecule has 0 unspecified atom stereocenters. The Morgan fingerprint density at radius 1 is 1.18 bits per heavy atom. The minimum atomic E-state index is 0.236. The molecule has 0 saturated heterocycles. The molecule has 0 spiro atoms. The van der Waals surface area contributed by atoms with Crippen LogP contribution in [0, 0.1) is 0 Å². The van der Waals surface area contributed by atoms with Crippen molar-refractivity contribution in [3.63, 3.8) is 0 Å². The molecule has 0 fully saturated rings. The van der Waals surface area contributed by atoms with Crippen LogP contribution in [-0.2, 0) is 0 Å². The maximum absolute atomic E-state index is 4.25. The quantitative estimate of drug-likeness (QED) is 0.627. The predicted molar refractivity (Wildman–Crippen MR) is 62.1 cm³/mol. The van der Waals surface area contributed by atoms with Crippen LogP contribution in [0.25, 0.3) is 0 Å². The average Bonchev–Trinajstić information content (AvgIpc) is 1.90. The van der Waals surface area contributed by atoms with Gasteiger partial charge in [-0.25, -0.2) is 0 Å². The third kappa shape index (κ3) is 24.9. The molecule has 0 saturated carbocycles. The SMILES string of the molecule is CCC(C)(C)S.CCCCS. The highest BCUT2D eigenvalue weighted by molar-refractivity contribution is 7.81. The second kappa shape index (κ2) is 8.79. The molecule has 0 aliphatic rings. The van der Waals surface area contributed by atoms with Crippen LogP contribution >= 0.6 is 25.3 Å². The molecule has 0 N–H and O–H groups in total. The van der Waals surface area contributed by atoms with Gasteiger partial charge >= 0.3 is 0 Å². The molecule has 0 rings (SSSR count). The summed E-state index contributed by atoms with van der Waals surface area (Å²) in [6, 6.07) is 0. The van der Waals surface area contributed by atoms with Gasteiger partial charge in [-0.3, -0.25) is 0 Å². The highest BCUT2D eigenvalue weighted by Gasteiger charge is 2.04. The van der Waals surface area contributed by atoms with E-state index in [4.69, 9.17) is 0 Å². The van der Waals surface area contributed by atoms with Crippen LogP contribution < -0.4 is 0 Å². The van der Waals surface area contributed by atoms with Gasteiger partial charge in [0.05, 0.1) is 0 Å². The fourth-order valence-corrected chi connectivity index (χ4v) is 0.474. The lowest BCUT2D eigenvalue weighted by molar-refractivity contribution is 0.691. The van der Waals surface area contributed by atoms with Gasteiger partial charge in [-0.15, -0.1) is 0 Å². The third-order valence-electron chi connectivity index (χ3n) is 1.38. The first-order chi connectivity index (χ1) is 4.97. The number of rotatable bonds is 3. The van der Waals surface area contributed by atoms with Crippen molar-refractivity contribution in [1.29, 1.82) is 0 Å². The summed E-state index contributed by atoms with van der Waals surface area (Å²) >= 11 is 8.26. The summed E-state index contributed by atoms with van der Waals surface area (Å²) < 4.78 is 0.236. The molecule has 0 bridgehead atoms. The molecule has 0 aromatic heterocycles. The van der Waals surface area contributed by atoms with Crippen LogP contribution in [0.3, 0.4) is 0 Å². The lowest BCUT2D eigenvalue weighted by Crippen LogP contribution is -2.06. The molecule has 0 aliphatic carbocycles. The smallest absolute Gasteiger partial charge is 0.00705 e. The summed E-state index contributed by atoms with van der Waals surface area (Å²) in [5.74, 6) is 1.04. The minimum Gasteiger partial charge on any atom is -0.179 e. The molecular formula is C9H22S2. The Morgan fingerprint density at radius 3 is 1.55 bits per heavy atom. The highest BCUT2D eigenvalue weighted by atomic mass is 32.1. The van der Waals surface area contributed by atoms with Crippen LogP contribution in [-0.4, -0.2) is 10.5 Å². The zero-order chi connectivity index (χ0) is 9.33. The van der Waals surface area contributed by atoms with E-state index in [1.54, 1.807) is 0 Å². The van der Waals surface area contributed by atoms with E-state index in [-0.39, 0.29) is 4.75 Å². The number of unbranched alkanes of at least 4 members (excludes halogenated alkanes) is 1. The second-order valence-electron chi connectivity index (χ2n) is 3.24. The number of hydrogen-bond acceptors (Lipinski definition) is 2. The average molecular weight is 194 g/mol. The Balaban J connectivity index is 0. The molecule has 0 heterocycles. The van der Waals surface area contributed by atoms with E-state index in [1.807, 2.05) is 0 Å². The van der Waals surface area contributed by atoms with Crippen LogP contribution in [0.5, 0.6) is 0 Å². The number of hydrogen-bond donors (Lipinski definition) is 2. The van der Waals surface area contributed by atoms with Crippen LogP contribution in [0.1, 0.15) is 47.0 Å². The number of thiol groups is 2. The predicted octanol–water partition coefficient (Wildman–Crippen LogP) is 3.82. The van der Waals surface area contributed by atoms with Gasteiger partial charge in [-0.2, -0.15) is 25.3 Å². The van der Waals surface area contributed by atoms with E-state index >= 15 is 0 Å². The first kappa shape index (κ1) is 14.2. The topological polar surface area (TPSA) is 0 Å². The molecule has 0 atom stereocenters. The molecule has 0 amide bonds. The fourth-order valence-electron chi connectivity index (χ4n) is 0.158. The van der Waals surface area contributed by atoms with Gasteiger partial charge in [0.2, 0.25) is 0 Å². The van der Waals surface area contributed by atoms with Gasteiger partial charge in [-0.05, 0) is 18.6 Å². The fraction of sp³-hybridized carbons (Fsp3) is 1.00. The summed E-state index contributed by atoms with van der Waals surface area (Å²) in [5, 5.41) is 0. The minimum absolute atomic E-state index is 0.236. The van der Waals surface area contributed by atoms with Gasteiger partial charge in [0, 0.05) is 4.75 Å². The molecule has 0 radical (unpaired) electrons. The Hall–Kier alpha value is 0.700. The molecule has 0 nitrogen and oxygen atoms in total. The third-order valence-corrected chi connectivity index (χ3v) is 2.01. The largest absolute Gasteiger partial charge is 0.179 e. The van der Waals surface area contributed by atoms with Crippen molar-refractivity contribution in [3.8, 4) is 0 Å². The van der Waals surface area contributed by atoms with E-state index in [9.17, 15) is 0 Å². The summed E-state index contributed by atoms with van der Waals surface area (Å²) in [7, 11) is 0. The monoisotopic (exact) mass is 194 g/mol. The van der Waals surface area contributed by atoms with E-state index in [0.717, 1.165) is 12.2 Å². The molecule has 0 aliphatic heterocycles. The first-order valence-electron chi connectivity index (χ1n) is 4.31. The molecule has 2 heteroatoms. The van der Waals surface area contributed by atoms with Crippen molar-refractivity contribution in [3.05, 3.63) is 0 Å². The van der Waals surface area contributed by atoms with Crippen molar-refractivity contribution in [2.75, 3.05) is 5.75 Å². The van der Waals surface area contributed by atoms with Gasteiger partial charge in [0.15, 0.2) is 0 Å². The summed E-state index contributed by atoms with van der Waals surface area (Å²) in [6.07, 6.45) is 3.66. The van der Waals surface area contributed by atoms with Gasteiger partial charge in [0.1, 0.15) is 0 Å². The Bertz CT molecular complexity index is 62.5. The van der Waals surface area contributed by atoms with Gasteiger partial charge < -0.3 is 0 Å². The standard InChI is InChI=1S/C5H12S.C4H10S/c1-4-5(2,3)6;1-2-3-4-5/h6H,4H2,1-3H3;5H,2-4H2,1H3. The maximum atomic E-state index is 4.25. The Labute approximate surface area is 83.0 Å². The molecule has 11 heavy (non-hydrogen) atoms. The van der Waals surface area contributed by atoms with Gasteiger partial charge in [0.25, 0.3) is 0 Å². The zero-order valence-corrected chi connectivity index (χ0v) is 10.0. The van der Waals surface area contributed by atoms with Crippen LogP contribution in [0.2, 0.25) is 0 Å². The van der Waals surface area contributed by atoms with Gasteiger partial charge in [-0.1, -0.05) is 34.1 Å².